The zero-order chi connectivity index (χ0) is 39.0. The Bertz CT molecular complexity index is 1670. The Balaban J connectivity index is 1.23. The lowest BCUT2D eigenvalue weighted by molar-refractivity contribution is -0.153. The zero-order valence-corrected chi connectivity index (χ0v) is 33.1. The van der Waals surface area contributed by atoms with Crippen LogP contribution in [0.15, 0.2) is 17.1 Å². The first-order valence-electron chi connectivity index (χ1n) is 21.4. The van der Waals surface area contributed by atoms with E-state index in [1.54, 1.807) is 6.07 Å². The number of nitrogens with two attached hydrogens (primary N) is 1. The first-order chi connectivity index (χ1) is 27.1. The molecular formula is C43H64N6O7. The van der Waals surface area contributed by atoms with Crippen LogP contribution in [0.2, 0.25) is 0 Å². The Morgan fingerprint density at radius 1 is 1.09 bits per heavy atom. The number of aromatic hydroxyl groups is 1. The van der Waals surface area contributed by atoms with Crippen LogP contribution in [0.1, 0.15) is 82.3 Å². The van der Waals surface area contributed by atoms with Crippen molar-refractivity contribution in [2.24, 2.45) is 51.6 Å². The molecule has 3 saturated heterocycles. The molecule has 13 nitrogen and oxygen atoms in total. The van der Waals surface area contributed by atoms with Crippen LogP contribution in [0.4, 0.5) is 0 Å². The standard InChI is InChI=1S/C43H64N6O7/c1-26(52)55-40-16-38(53)29-5-6-33-21-49-19-27-11-31(37(49)23-51)20-48(18-27)25-47-42(44)46-24-43(33,17-29)9-7-28-3-2-4-34-15-35(8-10-45-34)56-41-14-30(12-36(28)40)32(22-50)13-39(41)54/h13-14,27-29,31,33-38,40,45,50-51,53-54H,2-6,8,10-12,15-25H2,1H3,(H3,44,46,47). The number of rotatable bonds is 3. The van der Waals surface area contributed by atoms with Crippen LogP contribution >= 0.6 is 0 Å². The molecule has 8 N–H and O–H groups in total. The van der Waals surface area contributed by atoms with E-state index in [2.05, 4.69) is 32.3 Å². The van der Waals surface area contributed by atoms with E-state index >= 15 is 0 Å². The van der Waals surface area contributed by atoms with Gasteiger partial charge < -0.3 is 46.3 Å². The van der Waals surface area contributed by atoms with E-state index in [1.165, 1.54) is 6.92 Å². The second kappa shape index (κ2) is 17.0. The summed E-state index contributed by atoms with van der Waals surface area (Å²) >= 11 is 0. The van der Waals surface area contributed by atoms with Crippen LogP contribution in [0.5, 0.6) is 11.5 Å². The number of nitrogens with one attached hydrogen (secondary N) is 2. The Morgan fingerprint density at radius 2 is 1.96 bits per heavy atom. The Labute approximate surface area is 331 Å². The number of aliphatic hydroxyl groups excluding tert-OH is 3. The van der Waals surface area contributed by atoms with E-state index in [9.17, 15) is 25.2 Å². The Hall–Kier alpha value is -3.12. The highest BCUT2D eigenvalue weighted by molar-refractivity contribution is 5.77. The summed E-state index contributed by atoms with van der Waals surface area (Å²) in [5.41, 5.74) is 7.49. The van der Waals surface area contributed by atoms with Gasteiger partial charge >= 0.3 is 5.97 Å². The van der Waals surface area contributed by atoms with E-state index in [0.29, 0.717) is 55.2 Å². The molecule has 8 aliphatic rings. The third-order valence-electron chi connectivity index (χ3n) is 14.7. The van der Waals surface area contributed by atoms with E-state index in [0.717, 1.165) is 89.7 Å². The number of benzene rings is 1. The number of phenols is 1. The summed E-state index contributed by atoms with van der Waals surface area (Å²) < 4.78 is 12.7. The topological polar surface area (TPSA) is 185 Å². The molecule has 6 aliphatic heterocycles. The number of guanidine groups is 1. The maximum atomic E-state index is 12.8. The molecule has 6 heterocycles. The molecule has 14 unspecified atom stereocenters. The van der Waals surface area contributed by atoms with Crippen molar-refractivity contribution in [3.05, 3.63) is 23.3 Å². The fraction of sp³-hybridized carbons (Fsp3) is 0.767. The third-order valence-corrected chi connectivity index (χ3v) is 14.7. The van der Waals surface area contributed by atoms with Crippen LogP contribution in [-0.2, 0) is 22.6 Å². The molecule has 0 aromatic heterocycles. The van der Waals surface area contributed by atoms with Crippen molar-refractivity contribution >= 4 is 11.9 Å². The monoisotopic (exact) mass is 776 g/mol. The van der Waals surface area contributed by atoms with Crippen molar-refractivity contribution in [2.45, 2.75) is 115 Å². The third kappa shape index (κ3) is 8.52. The molecule has 0 amide bonds. The molecule has 4 fully saturated rings. The summed E-state index contributed by atoms with van der Waals surface area (Å²) in [6.45, 7) is 6.76. The van der Waals surface area contributed by atoms with Gasteiger partial charge in [0.05, 0.1) is 31.4 Å². The number of hydrogen-bond donors (Lipinski definition) is 7. The quantitative estimate of drug-likeness (QED) is 0.175. The number of hydrogen-bond acceptors (Lipinski definition) is 13. The SMILES string of the molecule is CC(=O)OC1CC(O)C2CCC3CN4CC5CC(CN(CN=C(N)NCC3(C#CC3CCCC6CC(CCN6)Oc6cc(c(CO)cc6O)CC31)C2)C5)C4CO. The van der Waals surface area contributed by atoms with Crippen LogP contribution < -0.4 is 21.1 Å². The predicted molar refractivity (Wildman–Crippen MR) is 211 cm³/mol. The number of phenolic OH excluding ortho intramolecular Hbond substituents is 1. The first kappa shape index (κ1) is 39.7. The van der Waals surface area contributed by atoms with Crippen LogP contribution in [0, 0.1) is 52.8 Å². The van der Waals surface area contributed by atoms with Crippen molar-refractivity contribution in [3.8, 4) is 23.3 Å². The van der Waals surface area contributed by atoms with Crippen molar-refractivity contribution in [1.82, 2.24) is 20.4 Å². The molecule has 9 rings (SSSR count). The molecule has 56 heavy (non-hydrogen) atoms. The molecule has 1 aromatic rings. The number of carbonyl (C=O) groups is 1. The number of fused-ring (bicyclic) bond motifs is 9. The average Bonchev–Trinajstić information content (AvgIpc) is 3.18. The molecular weight excluding hydrogens is 713 g/mol. The van der Waals surface area contributed by atoms with Crippen molar-refractivity contribution < 1.29 is 34.7 Å². The van der Waals surface area contributed by atoms with Crippen LogP contribution in [0.25, 0.3) is 0 Å². The smallest absolute Gasteiger partial charge is 0.302 e. The summed E-state index contributed by atoms with van der Waals surface area (Å²) in [5, 5.41) is 51.9. The molecule has 1 spiro atoms. The summed E-state index contributed by atoms with van der Waals surface area (Å²) in [6, 6.07) is 3.79. The highest BCUT2D eigenvalue weighted by Crippen LogP contribution is 2.48. The summed E-state index contributed by atoms with van der Waals surface area (Å²) in [7, 11) is 0. The number of aliphatic hydroxyl groups is 3. The maximum absolute atomic E-state index is 12.8. The van der Waals surface area contributed by atoms with Gasteiger partial charge in [-0.2, -0.15) is 0 Å². The summed E-state index contributed by atoms with van der Waals surface area (Å²) in [4.78, 5) is 22.6. The number of piperidine rings is 3. The van der Waals surface area contributed by atoms with Gasteiger partial charge in [-0.25, -0.2) is 4.99 Å². The largest absolute Gasteiger partial charge is 0.504 e. The lowest BCUT2D eigenvalue weighted by Crippen LogP contribution is -2.61. The molecule has 10 bridgehead atoms. The van der Waals surface area contributed by atoms with Gasteiger partial charge in [0.15, 0.2) is 17.5 Å². The van der Waals surface area contributed by atoms with Gasteiger partial charge in [0.1, 0.15) is 12.2 Å². The first-order valence-corrected chi connectivity index (χ1v) is 21.4. The number of nitrogens with zero attached hydrogens (tertiary/aromatic N) is 3. The summed E-state index contributed by atoms with van der Waals surface area (Å²) in [6.07, 6.45) is 7.06. The van der Waals surface area contributed by atoms with Gasteiger partial charge in [-0.3, -0.25) is 14.6 Å². The molecule has 1 saturated carbocycles. The van der Waals surface area contributed by atoms with Gasteiger partial charge in [-0.1, -0.05) is 18.3 Å². The highest BCUT2D eigenvalue weighted by Gasteiger charge is 2.50. The number of aliphatic imine (C=N–C) groups is 1. The normalized spacial score (nSPS) is 41.2. The summed E-state index contributed by atoms with van der Waals surface area (Å²) in [5.74, 6) is 8.71. The van der Waals surface area contributed by atoms with Crippen molar-refractivity contribution in [1.29, 1.82) is 0 Å². The van der Waals surface area contributed by atoms with Gasteiger partial charge in [-0.15, -0.1) is 0 Å². The minimum atomic E-state index is -0.734. The fourth-order valence-corrected chi connectivity index (χ4v) is 11.8. The van der Waals surface area contributed by atoms with Crippen molar-refractivity contribution in [2.75, 3.05) is 52.5 Å². The van der Waals surface area contributed by atoms with E-state index < -0.39 is 23.6 Å². The van der Waals surface area contributed by atoms with Gasteiger partial charge in [0.2, 0.25) is 0 Å². The zero-order valence-electron chi connectivity index (χ0n) is 33.1. The number of carbonyl (C=O) groups excluding carboxylic acids is 1. The molecule has 14 atom stereocenters. The molecule has 2 aliphatic carbocycles. The van der Waals surface area contributed by atoms with E-state index in [4.69, 9.17) is 20.2 Å². The van der Waals surface area contributed by atoms with Crippen molar-refractivity contribution in [3.63, 3.8) is 0 Å². The van der Waals surface area contributed by atoms with E-state index in [1.807, 2.05) is 6.07 Å². The molecule has 0 radical (unpaired) electrons. The van der Waals surface area contributed by atoms with Gasteiger partial charge in [-0.05, 0) is 111 Å². The fourth-order valence-electron chi connectivity index (χ4n) is 11.8. The second-order valence-corrected chi connectivity index (χ2v) is 18.3. The maximum Gasteiger partial charge on any atom is 0.302 e. The van der Waals surface area contributed by atoms with Gasteiger partial charge in [0, 0.05) is 70.0 Å². The lowest BCUT2D eigenvalue weighted by Gasteiger charge is -2.53. The van der Waals surface area contributed by atoms with E-state index in [-0.39, 0.29) is 67.2 Å². The Morgan fingerprint density at radius 3 is 2.79 bits per heavy atom. The van der Waals surface area contributed by atoms with Crippen LogP contribution in [-0.4, -0.2) is 125 Å². The molecule has 308 valence electrons. The highest BCUT2D eigenvalue weighted by atomic mass is 16.5. The molecule has 13 heteroatoms. The average molecular weight is 777 g/mol. The van der Waals surface area contributed by atoms with Crippen LogP contribution in [0.3, 0.4) is 0 Å². The predicted octanol–water partition coefficient (Wildman–Crippen LogP) is 1.94. The second-order valence-electron chi connectivity index (χ2n) is 18.3. The lowest BCUT2D eigenvalue weighted by atomic mass is 9.60. The van der Waals surface area contributed by atoms with Gasteiger partial charge in [0.25, 0.3) is 0 Å². The minimum absolute atomic E-state index is 0.00125. The minimum Gasteiger partial charge on any atom is -0.504 e. The number of esters is 1. The number of ether oxygens (including phenoxy) is 2. The molecule has 1 aromatic carbocycles. The Kier molecular flexibility index (Phi) is 12.1.